The predicted octanol–water partition coefficient (Wildman–Crippen LogP) is 29.0. The van der Waals surface area contributed by atoms with Gasteiger partial charge in [-0.3, -0.25) is 0 Å². The zero-order valence-electron chi connectivity index (χ0n) is 59.2. The van der Waals surface area contributed by atoms with E-state index < -0.39 is 0 Å². The topological polar surface area (TPSA) is 0 Å². The molecule has 0 saturated heterocycles. The molecule has 8 aromatic rings. The number of benzene rings is 8. The maximum atomic E-state index is 4.06. The molecule has 498 valence electrons. The van der Waals surface area contributed by atoms with Gasteiger partial charge in [0.15, 0.2) is 0 Å². The Bertz CT molecular complexity index is 3410. The second-order valence-corrected chi connectivity index (χ2v) is 30.8. The zero-order valence-corrected chi connectivity index (χ0v) is 62.4. The number of rotatable bonds is 41. The molecule has 0 atom stereocenters. The normalized spacial score (nSPS) is 13.3. The van der Waals surface area contributed by atoms with E-state index in [1.165, 1.54) is 276 Å². The van der Waals surface area contributed by atoms with Crippen LogP contribution in [-0.2, 0) is 49.4 Å². The molecule has 0 N–H and O–H groups in total. The van der Waals surface area contributed by atoms with E-state index in [1.54, 1.807) is 11.1 Å². The first-order valence-corrected chi connectivity index (χ1v) is 40.1. The van der Waals surface area contributed by atoms with E-state index in [0.29, 0.717) is 0 Å². The van der Waals surface area contributed by atoms with Gasteiger partial charge in [0.1, 0.15) is 0 Å². The summed E-state index contributed by atoms with van der Waals surface area (Å²) >= 11 is 8.12. The Morgan fingerprint density at radius 1 is 0.223 bits per heavy atom. The molecule has 0 saturated carbocycles. The fourth-order valence-corrected chi connectivity index (χ4v) is 17.3. The minimum absolute atomic E-state index is 0.265. The Morgan fingerprint density at radius 3 is 0.777 bits per heavy atom. The molecule has 0 aliphatic heterocycles. The molecular weight excluding hydrogens is 1260 g/mol. The molecule has 2 aliphatic carbocycles. The molecule has 0 fully saturated rings. The summed E-state index contributed by atoms with van der Waals surface area (Å²) in [5, 5.41) is 0. The van der Waals surface area contributed by atoms with Crippen molar-refractivity contribution in [1.82, 2.24) is 0 Å². The van der Waals surface area contributed by atoms with Gasteiger partial charge in [-0.25, -0.2) is 0 Å². The molecular formula is C92H116Br2. The molecule has 0 aromatic heterocycles. The number of unbranched alkanes of at least 4 members (excludes halogenated alkanes) is 21. The van der Waals surface area contributed by atoms with Crippen molar-refractivity contribution in [2.45, 2.75) is 284 Å². The smallest absolute Gasteiger partial charge is 0.0464 e. The van der Waals surface area contributed by atoms with E-state index in [1.807, 2.05) is 0 Å². The number of hydrogen-bond acceptors (Lipinski definition) is 0. The van der Waals surface area contributed by atoms with E-state index in [9.17, 15) is 0 Å². The lowest BCUT2D eigenvalue weighted by molar-refractivity contribution is 0.479. The lowest BCUT2D eigenvalue weighted by atomic mass is 9.67. The van der Waals surface area contributed by atoms with E-state index >= 15 is 0 Å². The van der Waals surface area contributed by atoms with Crippen molar-refractivity contribution >= 4 is 31.9 Å². The van der Waals surface area contributed by atoms with Crippen LogP contribution in [0.25, 0.3) is 44.5 Å². The highest BCUT2D eigenvalue weighted by Gasteiger charge is 2.47. The summed E-state index contributed by atoms with van der Waals surface area (Å²) in [5.74, 6) is 0. The fraction of sp³-hybridized carbons (Fsp3) is 0.478. The molecule has 10 rings (SSSR count). The zero-order chi connectivity index (χ0) is 65.5. The lowest BCUT2D eigenvalue weighted by Crippen LogP contribution is -2.28. The molecule has 0 nitrogen and oxygen atoms in total. The first-order valence-electron chi connectivity index (χ1n) is 38.5. The van der Waals surface area contributed by atoms with Crippen LogP contribution in [0.4, 0.5) is 0 Å². The molecule has 2 aliphatic rings. The van der Waals surface area contributed by atoms with Crippen molar-refractivity contribution in [3.8, 4) is 44.5 Å². The van der Waals surface area contributed by atoms with Gasteiger partial charge in [0.25, 0.3) is 0 Å². The summed E-state index contributed by atoms with van der Waals surface area (Å²) in [6.07, 6.45) is 44.5. The van der Waals surface area contributed by atoms with Crippen molar-refractivity contribution < 1.29 is 0 Å². The van der Waals surface area contributed by atoms with E-state index in [0.717, 1.165) is 64.2 Å². The summed E-state index contributed by atoms with van der Waals surface area (Å²) in [7, 11) is 0. The maximum absolute atomic E-state index is 4.06. The van der Waals surface area contributed by atoms with Crippen molar-refractivity contribution in [2.75, 3.05) is 0 Å². The second kappa shape index (κ2) is 36.3. The molecule has 2 heteroatoms. The van der Waals surface area contributed by atoms with Gasteiger partial charge in [0.05, 0.1) is 0 Å². The molecule has 0 radical (unpaired) electrons. The highest BCUT2D eigenvalue weighted by atomic mass is 79.9. The minimum Gasteiger partial charge on any atom is -0.0654 e. The number of fused-ring (bicyclic) bond motifs is 6. The quantitative estimate of drug-likeness (QED) is 0.0335. The molecule has 0 heterocycles. The molecule has 0 unspecified atom stereocenters. The van der Waals surface area contributed by atoms with E-state index in [2.05, 4.69) is 231 Å². The van der Waals surface area contributed by atoms with Crippen LogP contribution in [-0.4, -0.2) is 0 Å². The van der Waals surface area contributed by atoms with Gasteiger partial charge < -0.3 is 0 Å². The third-order valence-electron chi connectivity index (χ3n) is 21.9. The number of hydrogen-bond donors (Lipinski definition) is 0. The van der Waals surface area contributed by atoms with Crippen molar-refractivity contribution in [1.29, 1.82) is 0 Å². The van der Waals surface area contributed by atoms with Crippen molar-refractivity contribution in [3.63, 3.8) is 0 Å². The number of aryl methyl sites for hydroxylation is 6. The standard InChI is InChI=1S/C92H116Br2/c1-7-13-19-27-35-69-41-45-75(46-42-69)77-49-53-83-84-54-50-78(76-47-43-70(44-48-76)36-28-20-14-8-2)66-88(84)91(87(83)65-77,79-61-71(37-29-21-15-9-3)59-72(62-79)38-30-22-16-10-4)57-33-25-26-34-58-92(89-67-81(93)51-55-85(89)86-56-52-82(94)68-90(86)92)80-63-73(39-31-23-17-11-5)60-74(64-80)40-32-24-18-12-6/h41-56,59-68H,7-40,57-58H2,1-6H3. The highest BCUT2D eigenvalue weighted by Crippen LogP contribution is 2.59. The Labute approximate surface area is 589 Å². The second-order valence-electron chi connectivity index (χ2n) is 29.0. The summed E-state index contributed by atoms with van der Waals surface area (Å²) in [4.78, 5) is 0. The summed E-state index contributed by atoms with van der Waals surface area (Å²) in [6.45, 7) is 14.0. The van der Waals surface area contributed by atoms with Crippen molar-refractivity contribution in [2.24, 2.45) is 0 Å². The lowest BCUT2D eigenvalue weighted by Gasteiger charge is -2.35. The Hall–Kier alpha value is -5.28. The van der Waals surface area contributed by atoms with Crippen LogP contribution in [0.2, 0.25) is 0 Å². The monoisotopic (exact) mass is 1380 g/mol. The average molecular weight is 1380 g/mol. The fourth-order valence-electron chi connectivity index (χ4n) is 16.6. The Kier molecular flexibility index (Phi) is 27.6. The van der Waals surface area contributed by atoms with Gasteiger partial charge in [-0.05, 0) is 238 Å². The van der Waals surface area contributed by atoms with Crippen molar-refractivity contribution in [3.05, 3.63) is 233 Å². The number of halogens is 2. The van der Waals surface area contributed by atoms with Crippen LogP contribution in [0, 0.1) is 0 Å². The van der Waals surface area contributed by atoms with Crippen LogP contribution in [0.15, 0.2) is 167 Å². The third kappa shape index (κ3) is 17.7. The maximum Gasteiger partial charge on any atom is 0.0464 e. The molecule has 0 bridgehead atoms. The molecule has 0 amide bonds. The van der Waals surface area contributed by atoms with Crippen LogP contribution in [0.3, 0.4) is 0 Å². The first kappa shape index (κ1) is 71.5. The van der Waals surface area contributed by atoms with Gasteiger partial charge in [-0.15, -0.1) is 0 Å². The Balaban J connectivity index is 1.06. The van der Waals surface area contributed by atoms with Crippen LogP contribution in [0.5, 0.6) is 0 Å². The molecule has 94 heavy (non-hydrogen) atoms. The van der Waals surface area contributed by atoms with E-state index in [4.69, 9.17) is 0 Å². The average Bonchev–Trinajstić information content (AvgIpc) is 1.53. The van der Waals surface area contributed by atoms with Gasteiger partial charge in [-0.2, -0.15) is 0 Å². The van der Waals surface area contributed by atoms with E-state index in [-0.39, 0.29) is 10.8 Å². The van der Waals surface area contributed by atoms with Gasteiger partial charge in [-0.1, -0.05) is 336 Å². The summed E-state index contributed by atoms with van der Waals surface area (Å²) in [6, 6.07) is 65.2. The van der Waals surface area contributed by atoms with Crippen LogP contribution >= 0.6 is 31.9 Å². The van der Waals surface area contributed by atoms with Crippen LogP contribution in [0.1, 0.15) is 301 Å². The Morgan fingerprint density at radius 2 is 0.479 bits per heavy atom. The molecule has 0 spiro atoms. The predicted molar refractivity (Wildman–Crippen MR) is 417 cm³/mol. The SMILES string of the molecule is CCCCCCc1ccc(-c2ccc3c(c2)C(CCCCCCC2(c4cc(CCCCCC)cc(CCCCCC)c4)c4cc(Br)ccc4-c4ccc(Br)cc42)(c2cc(CCCCCC)cc(CCCCCC)c2)c2cc(-c4ccc(CCCCCC)cc4)ccc2-3)cc1. The van der Waals surface area contributed by atoms with Gasteiger partial charge in [0.2, 0.25) is 0 Å². The summed E-state index contributed by atoms with van der Waals surface area (Å²) < 4.78 is 2.34. The van der Waals surface area contributed by atoms with Gasteiger partial charge >= 0.3 is 0 Å². The van der Waals surface area contributed by atoms with Crippen LogP contribution < -0.4 is 0 Å². The largest absolute Gasteiger partial charge is 0.0654 e. The highest BCUT2D eigenvalue weighted by molar-refractivity contribution is 9.10. The van der Waals surface area contributed by atoms with Gasteiger partial charge in [0, 0.05) is 19.8 Å². The minimum atomic E-state index is -0.332. The summed E-state index contributed by atoms with van der Waals surface area (Å²) in [5.41, 5.74) is 28.5. The third-order valence-corrected chi connectivity index (χ3v) is 22.8. The first-order chi connectivity index (χ1) is 46.1. The molecule has 8 aromatic carbocycles.